The van der Waals surface area contributed by atoms with Gasteiger partial charge in [-0.2, -0.15) is 5.10 Å². The Morgan fingerprint density at radius 2 is 2.00 bits per heavy atom. The number of aromatic carboxylic acids is 1. The maximum absolute atomic E-state index is 11.1. The molecule has 2 heterocycles. The number of carboxylic acid groups (broad SMARTS) is 1. The van der Waals surface area contributed by atoms with Crippen molar-refractivity contribution < 1.29 is 9.90 Å². The second-order valence-electron chi connectivity index (χ2n) is 4.50. The first-order valence-electron chi connectivity index (χ1n) is 6.08. The van der Waals surface area contributed by atoms with Crippen LogP contribution in [0.25, 0.3) is 5.52 Å². The third kappa shape index (κ3) is 2.44. The Bertz CT molecular complexity index is 778. The molecule has 20 heavy (non-hydrogen) atoms. The highest BCUT2D eigenvalue weighted by Gasteiger charge is 2.11. The van der Waals surface area contributed by atoms with E-state index in [1.54, 1.807) is 16.8 Å². The first-order chi connectivity index (χ1) is 9.63. The van der Waals surface area contributed by atoms with Gasteiger partial charge in [0.2, 0.25) is 0 Å². The molecule has 3 aromatic rings. The smallest absolute Gasteiger partial charge is 0.356 e. The fourth-order valence-corrected chi connectivity index (χ4v) is 2.43. The predicted molar refractivity (Wildman–Crippen MR) is 79.1 cm³/mol. The summed E-state index contributed by atoms with van der Waals surface area (Å²) in [6, 6.07) is 13.4. The van der Waals surface area contributed by atoms with Crippen molar-refractivity contribution in [2.75, 3.05) is 0 Å². The number of carbonyl (C=O) groups is 1. The molecular formula is C15H11BrN2O2. The summed E-state index contributed by atoms with van der Waals surface area (Å²) in [5.41, 5.74) is 3.06. The topological polar surface area (TPSA) is 54.6 Å². The molecule has 2 aromatic heterocycles. The Morgan fingerprint density at radius 1 is 1.25 bits per heavy atom. The normalized spacial score (nSPS) is 10.8. The number of carboxylic acids is 1. The summed E-state index contributed by atoms with van der Waals surface area (Å²) < 4.78 is 2.63. The van der Waals surface area contributed by atoms with Crippen molar-refractivity contribution in [1.82, 2.24) is 9.61 Å². The van der Waals surface area contributed by atoms with E-state index in [4.69, 9.17) is 5.11 Å². The Kier molecular flexibility index (Phi) is 3.28. The van der Waals surface area contributed by atoms with E-state index >= 15 is 0 Å². The van der Waals surface area contributed by atoms with Crippen LogP contribution in [0.15, 0.2) is 53.1 Å². The fraction of sp³-hybridized carbons (Fsp3) is 0.0667. The number of fused-ring (bicyclic) bond motifs is 1. The van der Waals surface area contributed by atoms with Crippen LogP contribution in [0, 0.1) is 0 Å². The van der Waals surface area contributed by atoms with Crippen LogP contribution in [-0.2, 0) is 6.42 Å². The van der Waals surface area contributed by atoms with E-state index in [9.17, 15) is 4.79 Å². The van der Waals surface area contributed by atoms with Crippen molar-refractivity contribution in [3.8, 4) is 0 Å². The molecule has 3 rings (SSSR count). The highest BCUT2D eigenvalue weighted by atomic mass is 79.9. The standard InChI is InChI=1S/C15H11BrN2O2/c16-12-5-3-10(4-6-12)8-11-9-13(15(19)20)17-18-7-1-2-14(11)18/h1-7,9H,8H2,(H,19,20). The van der Waals surface area contributed by atoms with E-state index in [1.165, 1.54) is 0 Å². The summed E-state index contributed by atoms with van der Waals surface area (Å²) >= 11 is 3.40. The molecule has 4 nitrogen and oxygen atoms in total. The zero-order chi connectivity index (χ0) is 14.1. The Hall–Kier alpha value is -2.14. The number of aromatic nitrogens is 2. The van der Waals surface area contributed by atoms with Gasteiger partial charge in [0.1, 0.15) is 0 Å². The molecule has 0 atom stereocenters. The minimum Gasteiger partial charge on any atom is -0.476 e. The predicted octanol–water partition coefficient (Wildman–Crippen LogP) is 3.39. The van der Waals surface area contributed by atoms with Crippen LogP contribution < -0.4 is 0 Å². The Balaban J connectivity index is 2.07. The summed E-state index contributed by atoms with van der Waals surface area (Å²) in [6.07, 6.45) is 2.43. The average Bonchev–Trinajstić information content (AvgIpc) is 2.89. The molecule has 100 valence electrons. The summed E-state index contributed by atoms with van der Waals surface area (Å²) in [5.74, 6) is -1.02. The van der Waals surface area contributed by atoms with Crippen molar-refractivity contribution in [1.29, 1.82) is 0 Å². The maximum Gasteiger partial charge on any atom is 0.356 e. The van der Waals surface area contributed by atoms with Crippen LogP contribution in [0.3, 0.4) is 0 Å². The highest BCUT2D eigenvalue weighted by molar-refractivity contribution is 9.10. The molecular weight excluding hydrogens is 320 g/mol. The zero-order valence-corrected chi connectivity index (χ0v) is 12.0. The number of benzene rings is 1. The highest BCUT2D eigenvalue weighted by Crippen LogP contribution is 2.18. The molecule has 0 unspecified atom stereocenters. The number of rotatable bonds is 3. The lowest BCUT2D eigenvalue weighted by Crippen LogP contribution is -2.07. The minimum atomic E-state index is -1.02. The lowest BCUT2D eigenvalue weighted by atomic mass is 10.0. The Labute approximate surface area is 123 Å². The fourth-order valence-electron chi connectivity index (χ4n) is 2.17. The monoisotopic (exact) mass is 330 g/mol. The molecule has 0 amide bonds. The van der Waals surface area contributed by atoms with E-state index in [2.05, 4.69) is 21.0 Å². The maximum atomic E-state index is 11.1. The van der Waals surface area contributed by atoms with Crippen LogP contribution >= 0.6 is 15.9 Å². The largest absolute Gasteiger partial charge is 0.476 e. The van der Waals surface area contributed by atoms with Gasteiger partial charge in [-0.25, -0.2) is 9.31 Å². The van der Waals surface area contributed by atoms with Crippen molar-refractivity contribution in [3.63, 3.8) is 0 Å². The van der Waals surface area contributed by atoms with Gasteiger partial charge in [0.05, 0.1) is 5.52 Å². The van der Waals surface area contributed by atoms with Gasteiger partial charge in [-0.3, -0.25) is 0 Å². The number of hydrogen-bond acceptors (Lipinski definition) is 2. The number of hydrogen-bond donors (Lipinski definition) is 1. The van der Waals surface area contributed by atoms with E-state index in [-0.39, 0.29) is 5.69 Å². The van der Waals surface area contributed by atoms with Crippen LogP contribution in [0.4, 0.5) is 0 Å². The van der Waals surface area contributed by atoms with E-state index in [0.717, 1.165) is 21.1 Å². The Morgan fingerprint density at radius 3 is 2.70 bits per heavy atom. The summed E-state index contributed by atoms with van der Waals surface area (Å²) in [7, 11) is 0. The SMILES string of the molecule is O=C(O)c1cc(Cc2ccc(Br)cc2)c2cccn2n1. The van der Waals surface area contributed by atoms with Crippen LogP contribution in [0.2, 0.25) is 0 Å². The molecule has 0 fully saturated rings. The van der Waals surface area contributed by atoms with Crippen LogP contribution in [0.1, 0.15) is 21.6 Å². The molecule has 1 aromatic carbocycles. The number of halogens is 1. The van der Waals surface area contributed by atoms with Gasteiger partial charge in [-0.05, 0) is 47.9 Å². The van der Waals surface area contributed by atoms with E-state index < -0.39 is 5.97 Å². The third-order valence-electron chi connectivity index (χ3n) is 3.11. The van der Waals surface area contributed by atoms with Crippen LogP contribution in [-0.4, -0.2) is 20.7 Å². The van der Waals surface area contributed by atoms with Crippen molar-refractivity contribution in [3.05, 3.63) is 70.0 Å². The van der Waals surface area contributed by atoms with Gasteiger partial charge in [0, 0.05) is 10.7 Å². The molecule has 0 spiro atoms. The molecule has 0 saturated carbocycles. The van der Waals surface area contributed by atoms with Gasteiger partial charge >= 0.3 is 5.97 Å². The lowest BCUT2D eigenvalue weighted by molar-refractivity contribution is 0.0688. The molecule has 0 radical (unpaired) electrons. The van der Waals surface area contributed by atoms with Gasteiger partial charge < -0.3 is 5.11 Å². The second-order valence-corrected chi connectivity index (χ2v) is 5.42. The van der Waals surface area contributed by atoms with Gasteiger partial charge in [-0.1, -0.05) is 28.1 Å². The molecule has 0 saturated heterocycles. The van der Waals surface area contributed by atoms with Crippen LogP contribution in [0.5, 0.6) is 0 Å². The minimum absolute atomic E-state index is 0.0563. The summed E-state index contributed by atoms with van der Waals surface area (Å²) in [4.78, 5) is 11.1. The molecule has 0 aliphatic rings. The first kappa shape index (κ1) is 12.9. The summed E-state index contributed by atoms with van der Waals surface area (Å²) in [5, 5.41) is 13.2. The quantitative estimate of drug-likeness (QED) is 0.800. The zero-order valence-electron chi connectivity index (χ0n) is 10.5. The molecule has 0 aliphatic carbocycles. The molecule has 5 heteroatoms. The molecule has 0 aliphatic heterocycles. The lowest BCUT2D eigenvalue weighted by Gasteiger charge is -2.07. The van der Waals surface area contributed by atoms with Gasteiger partial charge in [0.15, 0.2) is 5.69 Å². The summed E-state index contributed by atoms with van der Waals surface area (Å²) in [6.45, 7) is 0. The number of nitrogens with zero attached hydrogens (tertiary/aromatic N) is 2. The first-order valence-corrected chi connectivity index (χ1v) is 6.88. The molecule has 0 bridgehead atoms. The van der Waals surface area contributed by atoms with Gasteiger partial charge in [0.25, 0.3) is 0 Å². The third-order valence-corrected chi connectivity index (χ3v) is 3.64. The van der Waals surface area contributed by atoms with E-state index in [0.29, 0.717) is 6.42 Å². The van der Waals surface area contributed by atoms with E-state index in [1.807, 2.05) is 36.4 Å². The molecule has 1 N–H and O–H groups in total. The second kappa shape index (κ2) is 5.09. The average molecular weight is 331 g/mol. The van der Waals surface area contributed by atoms with Gasteiger partial charge in [-0.15, -0.1) is 0 Å². The van der Waals surface area contributed by atoms with Crippen molar-refractivity contribution >= 4 is 27.4 Å². The van der Waals surface area contributed by atoms with Crippen molar-refractivity contribution in [2.45, 2.75) is 6.42 Å². The van der Waals surface area contributed by atoms with Crippen molar-refractivity contribution in [2.24, 2.45) is 0 Å².